The molecule has 21 heavy (non-hydrogen) atoms. The number of carbonyl (C=O) groups excluding carboxylic acids is 2. The molecule has 1 heterocycles. The highest BCUT2D eigenvalue weighted by Gasteiger charge is 2.19. The van der Waals surface area contributed by atoms with E-state index in [2.05, 4.69) is 17.6 Å². The standard InChI is InChI=1S/C16H22N2O3/c1-12-4-6-13(7-5-12)18-16(20)11-17-15(19)9-8-14-3-2-10-21-14/h2-3,8-10,12-13H,4-7,11H2,1H3,(H,17,19)(H,18,20)/b9-8+. The maximum absolute atomic E-state index is 11.8. The van der Waals surface area contributed by atoms with Crippen LogP contribution in [0.2, 0.25) is 0 Å². The molecule has 0 radical (unpaired) electrons. The van der Waals surface area contributed by atoms with Crippen molar-refractivity contribution in [3.8, 4) is 0 Å². The van der Waals surface area contributed by atoms with Crippen LogP contribution in [-0.2, 0) is 9.59 Å². The Morgan fingerprint density at radius 3 is 2.76 bits per heavy atom. The third-order valence-electron chi connectivity index (χ3n) is 3.75. The lowest BCUT2D eigenvalue weighted by molar-refractivity contribution is -0.124. The smallest absolute Gasteiger partial charge is 0.244 e. The summed E-state index contributed by atoms with van der Waals surface area (Å²) >= 11 is 0. The summed E-state index contributed by atoms with van der Waals surface area (Å²) in [5.41, 5.74) is 0. The monoisotopic (exact) mass is 290 g/mol. The van der Waals surface area contributed by atoms with E-state index in [1.54, 1.807) is 18.2 Å². The highest BCUT2D eigenvalue weighted by molar-refractivity contribution is 5.94. The highest BCUT2D eigenvalue weighted by Crippen LogP contribution is 2.23. The molecule has 2 N–H and O–H groups in total. The summed E-state index contributed by atoms with van der Waals surface area (Å²) in [5.74, 6) is 0.920. The first kappa shape index (κ1) is 15.4. The molecule has 114 valence electrons. The molecule has 5 nitrogen and oxygen atoms in total. The maximum Gasteiger partial charge on any atom is 0.244 e. The van der Waals surface area contributed by atoms with Crippen molar-refractivity contribution >= 4 is 17.9 Å². The zero-order valence-corrected chi connectivity index (χ0v) is 12.3. The molecule has 2 amide bonds. The van der Waals surface area contributed by atoms with Gasteiger partial charge in [0.15, 0.2) is 0 Å². The molecule has 5 heteroatoms. The Hall–Kier alpha value is -2.04. The van der Waals surface area contributed by atoms with E-state index in [0.717, 1.165) is 31.6 Å². The predicted octanol–water partition coefficient (Wildman–Crippen LogP) is 2.10. The van der Waals surface area contributed by atoms with E-state index in [-0.39, 0.29) is 24.4 Å². The second kappa shape index (κ2) is 7.67. The second-order valence-corrected chi connectivity index (χ2v) is 5.59. The Balaban J connectivity index is 1.65. The van der Waals surface area contributed by atoms with Crippen molar-refractivity contribution in [3.63, 3.8) is 0 Å². The molecule has 0 bridgehead atoms. The third-order valence-corrected chi connectivity index (χ3v) is 3.75. The molecule has 0 aromatic carbocycles. The predicted molar refractivity (Wildman–Crippen MR) is 80.3 cm³/mol. The summed E-state index contributed by atoms with van der Waals surface area (Å²) in [6.45, 7) is 2.25. The van der Waals surface area contributed by atoms with Crippen LogP contribution in [0.4, 0.5) is 0 Å². The second-order valence-electron chi connectivity index (χ2n) is 5.59. The lowest BCUT2D eigenvalue weighted by Crippen LogP contribution is -2.42. The van der Waals surface area contributed by atoms with Crippen molar-refractivity contribution in [1.29, 1.82) is 0 Å². The normalized spacial score (nSPS) is 22.1. The minimum absolute atomic E-state index is 0.00732. The number of nitrogens with one attached hydrogen (secondary N) is 2. The van der Waals surface area contributed by atoms with Gasteiger partial charge in [-0.05, 0) is 49.8 Å². The Bertz CT molecular complexity index is 486. The van der Waals surface area contributed by atoms with E-state index in [1.807, 2.05) is 0 Å². The molecule has 1 fully saturated rings. The third kappa shape index (κ3) is 5.45. The van der Waals surface area contributed by atoms with Crippen molar-refractivity contribution < 1.29 is 14.0 Å². The van der Waals surface area contributed by atoms with Gasteiger partial charge in [0.25, 0.3) is 0 Å². The number of carbonyl (C=O) groups is 2. The van der Waals surface area contributed by atoms with Crippen LogP contribution in [-0.4, -0.2) is 24.4 Å². The SMILES string of the molecule is CC1CCC(NC(=O)CNC(=O)/C=C/c2ccco2)CC1. The molecular formula is C16H22N2O3. The van der Waals surface area contributed by atoms with Crippen molar-refractivity contribution in [3.05, 3.63) is 30.2 Å². The van der Waals surface area contributed by atoms with Crippen molar-refractivity contribution in [2.24, 2.45) is 5.92 Å². The van der Waals surface area contributed by atoms with Gasteiger partial charge in [-0.2, -0.15) is 0 Å². The van der Waals surface area contributed by atoms with Gasteiger partial charge in [-0.25, -0.2) is 0 Å². The first-order valence-electron chi connectivity index (χ1n) is 7.42. The summed E-state index contributed by atoms with van der Waals surface area (Å²) < 4.78 is 5.07. The summed E-state index contributed by atoms with van der Waals surface area (Å²) in [4.78, 5) is 23.3. The summed E-state index contributed by atoms with van der Waals surface area (Å²) in [7, 11) is 0. The van der Waals surface area contributed by atoms with E-state index in [4.69, 9.17) is 4.42 Å². The average Bonchev–Trinajstić information content (AvgIpc) is 2.99. The number of rotatable bonds is 5. The summed E-state index contributed by atoms with van der Waals surface area (Å²) in [5, 5.41) is 5.53. The van der Waals surface area contributed by atoms with Gasteiger partial charge in [-0.3, -0.25) is 9.59 Å². The quantitative estimate of drug-likeness (QED) is 0.816. The zero-order chi connectivity index (χ0) is 15.1. The lowest BCUT2D eigenvalue weighted by atomic mass is 9.87. The van der Waals surface area contributed by atoms with Gasteiger partial charge in [0, 0.05) is 12.1 Å². The van der Waals surface area contributed by atoms with E-state index in [9.17, 15) is 9.59 Å². The Kier molecular flexibility index (Phi) is 5.60. The molecule has 0 unspecified atom stereocenters. The lowest BCUT2D eigenvalue weighted by Gasteiger charge is -2.26. The molecule has 0 aliphatic heterocycles. The fraction of sp³-hybridized carbons (Fsp3) is 0.500. The van der Waals surface area contributed by atoms with Crippen LogP contribution >= 0.6 is 0 Å². The van der Waals surface area contributed by atoms with Gasteiger partial charge in [0.05, 0.1) is 12.8 Å². The van der Waals surface area contributed by atoms with Gasteiger partial charge < -0.3 is 15.1 Å². The minimum Gasteiger partial charge on any atom is -0.465 e. The van der Waals surface area contributed by atoms with Crippen LogP contribution in [0.25, 0.3) is 6.08 Å². The highest BCUT2D eigenvalue weighted by atomic mass is 16.3. The average molecular weight is 290 g/mol. The van der Waals surface area contributed by atoms with Crippen molar-refractivity contribution in [1.82, 2.24) is 10.6 Å². The Morgan fingerprint density at radius 2 is 2.10 bits per heavy atom. The molecule has 1 aliphatic carbocycles. The molecule has 1 aromatic rings. The van der Waals surface area contributed by atoms with Gasteiger partial charge in [0.2, 0.25) is 11.8 Å². The number of hydrogen-bond acceptors (Lipinski definition) is 3. The molecule has 0 spiro atoms. The fourth-order valence-corrected chi connectivity index (χ4v) is 2.45. The molecule has 1 aromatic heterocycles. The zero-order valence-electron chi connectivity index (χ0n) is 12.3. The largest absolute Gasteiger partial charge is 0.465 e. The van der Waals surface area contributed by atoms with E-state index >= 15 is 0 Å². The van der Waals surface area contributed by atoms with Crippen LogP contribution in [0.1, 0.15) is 38.4 Å². The molecule has 1 saturated carbocycles. The van der Waals surface area contributed by atoms with Crippen LogP contribution in [0, 0.1) is 5.92 Å². The Morgan fingerprint density at radius 1 is 1.33 bits per heavy atom. The minimum atomic E-state index is -0.307. The van der Waals surface area contributed by atoms with E-state index < -0.39 is 0 Å². The number of hydrogen-bond donors (Lipinski definition) is 2. The molecule has 0 atom stereocenters. The van der Waals surface area contributed by atoms with Crippen LogP contribution in [0.5, 0.6) is 0 Å². The van der Waals surface area contributed by atoms with Crippen LogP contribution in [0.3, 0.4) is 0 Å². The van der Waals surface area contributed by atoms with E-state index in [0.29, 0.717) is 5.76 Å². The van der Waals surface area contributed by atoms with Crippen LogP contribution < -0.4 is 10.6 Å². The first-order valence-corrected chi connectivity index (χ1v) is 7.42. The summed E-state index contributed by atoms with van der Waals surface area (Å²) in [6.07, 6.45) is 8.82. The van der Waals surface area contributed by atoms with Gasteiger partial charge in [0.1, 0.15) is 5.76 Å². The summed E-state index contributed by atoms with van der Waals surface area (Å²) in [6, 6.07) is 3.75. The molecule has 1 aliphatic rings. The number of furan rings is 1. The molecule has 0 saturated heterocycles. The molecular weight excluding hydrogens is 268 g/mol. The van der Waals surface area contributed by atoms with Gasteiger partial charge >= 0.3 is 0 Å². The fourth-order valence-electron chi connectivity index (χ4n) is 2.45. The molecule has 2 rings (SSSR count). The van der Waals surface area contributed by atoms with Crippen molar-refractivity contribution in [2.45, 2.75) is 38.6 Å². The van der Waals surface area contributed by atoms with Crippen LogP contribution in [0.15, 0.2) is 28.9 Å². The van der Waals surface area contributed by atoms with E-state index in [1.165, 1.54) is 12.3 Å². The topological polar surface area (TPSA) is 71.3 Å². The Labute approximate surface area is 124 Å². The number of amides is 2. The van der Waals surface area contributed by atoms with Gasteiger partial charge in [-0.1, -0.05) is 6.92 Å². The first-order chi connectivity index (χ1) is 10.1. The van der Waals surface area contributed by atoms with Crippen molar-refractivity contribution in [2.75, 3.05) is 6.54 Å². The maximum atomic E-state index is 11.8. The van der Waals surface area contributed by atoms with Gasteiger partial charge in [-0.15, -0.1) is 0 Å².